The largest absolute Gasteiger partial charge is 0.399 e. The van der Waals surface area contributed by atoms with E-state index in [1.807, 2.05) is 43.3 Å². The van der Waals surface area contributed by atoms with Crippen LogP contribution in [0.15, 0.2) is 53.2 Å². The number of nitrogens with one attached hydrogen (secondary N) is 1. The van der Waals surface area contributed by atoms with Crippen LogP contribution in [0.1, 0.15) is 22.3 Å². The van der Waals surface area contributed by atoms with Crippen molar-refractivity contribution in [1.29, 1.82) is 0 Å². The van der Waals surface area contributed by atoms with E-state index in [1.165, 1.54) is 12.7 Å². The number of oxime groups is 1. The van der Waals surface area contributed by atoms with Crippen molar-refractivity contribution in [2.75, 3.05) is 12.4 Å². The molecule has 0 saturated carbocycles. The maximum atomic E-state index is 12.6. The van der Waals surface area contributed by atoms with Gasteiger partial charge in [0.05, 0.1) is 5.57 Å². The molecule has 2 aliphatic rings. The summed E-state index contributed by atoms with van der Waals surface area (Å²) in [4.78, 5) is 17.6. The molecule has 2 aromatic carbocycles. The molecule has 1 aliphatic carbocycles. The number of hydrogen-bond acceptors (Lipinski definition) is 3. The quantitative estimate of drug-likeness (QED) is 0.649. The van der Waals surface area contributed by atoms with Crippen LogP contribution in [0.2, 0.25) is 0 Å². The predicted octanol–water partition coefficient (Wildman–Crippen LogP) is 3.31. The minimum atomic E-state index is -0.0720. The van der Waals surface area contributed by atoms with E-state index in [0.29, 0.717) is 12.0 Å². The van der Waals surface area contributed by atoms with Gasteiger partial charge in [0.1, 0.15) is 12.8 Å². The number of benzene rings is 2. The van der Waals surface area contributed by atoms with Crippen molar-refractivity contribution in [1.82, 2.24) is 0 Å². The summed E-state index contributed by atoms with van der Waals surface area (Å²) < 4.78 is 0. The van der Waals surface area contributed by atoms with E-state index in [2.05, 4.69) is 16.5 Å². The third-order valence-corrected chi connectivity index (χ3v) is 4.33. The van der Waals surface area contributed by atoms with Crippen LogP contribution in [0, 0.1) is 6.92 Å². The summed E-state index contributed by atoms with van der Waals surface area (Å²) in [5, 5.41) is 7.16. The molecule has 1 amide bonds. The highest BCUT2D eigenvalue weighted by molar-refractivity contribution is 6.38. The molecule has 0 atom stereocenters. The molecule has 0 aromatic heterocycles. The van der Waals surface area contributed by atoms with Crippen LogP contribution in [0.3, 0.4) is 0 Å². The van der Waals surface area contributed by atoms with Crippen molar-refractivity contribution in [3.63, 3.8) is 0 Å². The van der Waals surface area contributed by atoms with Crippen LogP contribution in [0.4, 0.5) is 5.69 Å². The molecule has 0 fully saturated rings. The van der Waals surface area contributed by atoms with Crippen molar-refractivity contribution < 1.29 is 9.63 Å². The Morgan fingerprint density at radius 2 is 1.96 bits per heavy atom. The van der Waals surface area contributed by atoms with Gasteiger partial charge >= 0.3 is 0 Å². The third kappa shape index (κ3) is 2.06. The SMILES string of the molecule is CO/N=C1/C(=C2/C(=O)Nc3cc(C)ccc32)Cc2ccccc21. The van der Waals surface area contributed by atoms with E-state index in [0.717, 1.165) is 33.7 Å². The molecule has 2 aromatic rings. The van der Waals surface area contributed by atoms with Crippen molar-refractivity contribution in [2.24, 2.45) is 5.16 Å². The summed E-state index contributed by atoms with van der Waals surface area (Å²) in [5.41, 5.74) is 7.50. The predicted molar refractivity (Wildman–Crippen MR) is 90.4 cm³/mol. The maximum absolute atomic E-state index is 12.6. The normalized spacial score (nSPS) is 20.4. The fraction of sp³-hybridized carbons (Fsp3) is 0.158. The smallest absolute Gasteiger partial charge is 0.256 e. The second-order valence-corrected chi connectivity index (χ2v) is 5.81. The Balaban J connectivity index is 1.95. The van der Waals surface area contributed by atoms with Gasteiger partial charge in [0.25, 0.3) is 5.91 Å². The van der Waals surface area contributed by atoms with Gasteiger partial charge in [-0.25, -0.2) is 0 Å². The van der Waals surface area contributed by atoms with Crippen LogP contribution in [-0.4, -0.2) is 18.7 Å². The number of fused-ring (bicyclic) bond motifs is 2. The molecule has 1 heterocycles. The number of hydrogen-bond donors (Lipinski definition) is 1. The molecule has 0 spiro atoms. The number of anilines is 1. The average Bonchev–Trinajstić information content (AvgIpc) is 3.04. The van der Waals surface area contributed by atoms with Crippen LogP contribution in [-0.2, 0) is 16.1 Å². The molecule has 4 rings (SSSR count). The Bertz CT molecular complexity index is 894. The summed E-state index contributed by atoms with van der Waals surface area (Å²) >= 11 is 0. The lowest BCUT2D eigenvalue weighted by Crippen LogP contribution is -2.10. The minimum Gasteiger partial charge on any atom is -0.399 e. The van der Waals surface area contributed by atoms with Gasteiger partial charge in [-0.3, -0.25) is 4.79 Å². The highest BCUT2D eigenvalue weighted by atomic mass is 16.6. The molecule has 1 aliphatic heterocycles. The van der Waals surface area contributed by atoms with Crippen LogP contribution in [0.25, 0.3) is 5.57 Å². The van der Waals surface area contributed by atoms with Gasteiger partial charge in [-0.05, 0) is 29.7 Å². The molecular weight excluding hydrogens is 288 g/mol. The fourth-order valence-corrected chi connectivity index (χ4v) is 3.33. The molecular formula is C19H16N2O2. The Morgan fingerprint density at radius 3 is 2.78 bits per heavy atom. The maximum Gasteiger partial charge on any atom is 0.256 e. The molecule has 4 heteroatoms. The van der Waals surface area contributed by atoms with E-state index in [-0.39, 0.29) is 5.91 Å². The lowest BCUT2D eigenvalue weighted by atomic mass is 9.97. The molecule has 0 saturated heterocycles. The first-order chi connectivity index (χ1) is 11.2. The van der Waals surface area contributed by atoms with Gasteiger partial charge in [-0.2, -0.15) is 0 Å². The summed E-state index contributed by atoms with van der Waals surface area (Å²) in [7, 11) is 1.53. The summed E-state index contributed by atoms with van der Waals surface area (Å²) in [6, 6.07) is 14.1. The first-order valence-electron chi connectivity index (χ1n) is 7.54. The first kappa shape index (κ1) is 13.8. The van der Waals surface area contributed by atoms with Gasteiger partial charge in [-0.1, -0.05) is 41.6 Å². The molecule has 4 nitrogen and oxygen atoms in total. The molecule has 1 N–H and O–H groups in total. The average molecular weight is 304 g/mol. The van der Waals surface area contributed by atoms with Gasteiger partial charge in [-0.15, -0.1) is 0 Å². The monoisotopic (exact) mass is 304 g/mol. The fourth-order valence-electron chi connectivity index (χ4n) is 3.33. The topological polar surface area (TPSA) is 50.7 Å². The van der Waals surface area contributed by atoms with Gasteiger partial charge in [0, 0.05) is 23.2 Å². The third-order valence-electron chi connectivity index (χ3n) is 4.33. The van der Waals surface area contributed by atoms with E-state index in [4.69, 9.17) is 4.84 Å². The number of nitrogens with zero attached hydrogens (tertiary/aromatic N) is 1. The molecule has 0 bridgehead atoms. The highest BCUT2D eigenvalue weighted by Gasteiger charge is 2.33. The second-order valence-electron chi connectivity index (χ2n) is 5.81. The Hall–Kier alpha value is -2.88. The second kappa shape index (κ2) is 5.09. The van der Waals surface area contributed by atoms with Crippen molar-refractivity contribution in [2.45, 2.75) is 13.3 Å². The van der Waals surface area contributed by atoms with E-state index in [1.54, 1.807) is 0 Å². The van der Waals surface area contributed by atoms with Gasteiger partial charge in [0.2, 0.25) is 0 Å². The zero-order valence-corrected chi connectivity index (χ0v) is 13.0. The van der Waals surface area contributed by atoms with E-state index in [9.17, 15) is 4.79 Å². The summed E-state index contributed by atoms with van der Waals surface area (Å²) in [5.74, 6) is -0.0720. The number of rotatable bonds is 1. The Morgan fingerprint density at radius 1 is 1.13 bits per heavy atom. The number of amides is 1. The van der Waals surface area contributed by atoms with Crippen LogP contribution in [0.5, 0.6) is 0 Å². The van der Waals surface area contributed by atoms with Crippen molar-refractivity contribution in [3.05, 3.63) is 70.3 Å². The van der Waals surface area contributed by atoms with Crippen LogP contribution < -0.4 is 5.32 Å². The first-order valence-corrected chi connectivity index (χ1v) is 7.54. The van der Waals surface area contributed by atoms with E-state index < -0.39 is 0 Å². The molecule has 23 heavy (non-hydrogen) atoms. The lowest BCUT2D eigenvalue weighted by molar-refractivity contribution is -0.110. The standard InChI is InChI=1S/C19H16N2O2/c1-11-7-8-14-16(9-11)20-19(22)17(14)15-10-12-5-3-4-6-13(12)18(15)21-23-2/h3-9H,10H2,1-2H3,(H,20,22)/b17-15+,21-18+. The number of carbonyl (C=O) groups is 1. The number of carbonyl (C=O) groups excluding carboxylic acids is 1. The highest BCUT2D eigenvalue weighted by Crippen LogP contribution is 2.39. The van der Waals surface area contributed by atoms with Gasteiger partial charge < -0.3 is 10.2 Å². The number of aryl methyl sites for hydroxylation is 1. The molecule has 0 radical (unpaired) electrons. The lowest BCUT2D eigenvalue weighted by Gasteiger charge is -2.05. The number of allylic oxidation sites excluding steroid dienone is 1. The molecule has 0 unspecified atom stereocenters. The zero-order chi connectivity index (χ0) is 16.0. The van der Waals surface area contributed by atoms with Crippen molar-refractivity contribution in [3.8, 4) is 0 Å². The molecule has 114 valence electrons. The summed E-state index contributed by atoms with van der Waals surface area (Å²) in [6.07, 6.45) is 0.689. The summed E-state index contributed by atoms with van der Waals surface area (Å²) in [6.45, 7) is 2.01. The minimum absolute atomic E-state index is 0.0720. The Kier molecular flexibility index (Phi) is 3.05. The van der Waals surface area contributed by atoms with Crippen molar-refractivity contribution >= 4 is 22.9 Å². The van der Waals surface area contributed by atoms with Gasteiger partial charge in [0.15, 0.2) is 0 Å². The van der Waals surface area contributed by atoms with E-state index >= 15 is 0 Å². The Labute approximate surface area is 134 Å². The zero-order valence-electron chi connectivity index (χ0n) is 13.0. The van der Waals surface area contributed by atoms with Crippen LogP contribution >= 0.6 is 0 Å².